The molecule has 0 bridgehead atoms. The molecule has 0 saturated carbocycles. The van der Waals surface area contributed by atoms with Gasteiger partial charge in [0.1, 0.15) is 16.5 Å². The van der Waals surface area contributed by atoms with Gasteiger partial charge < -0.3 is 9.64 Å². The number of aromatic nitrogens is 2. The average molecular weight is 467 g/mol. The molecule has 0 amide bonds. The number of rotatable bonds is 10. The van der Waals surface area contributed by atoms with Gasteiger partial charge >= 0.3 is 0 Å². The van der Waals surface area contributed by atoms with E-state index in [-0.39, 0.29) is 22.9 Å². The van der Waals surface area contributed by atoms with E-state index in [0.29, 0.717) is 42.4 Å². The maximum absolute atomic E-state index is 14.2. The van der Waals surface area contributed by atoms with Crippen LogP contribution in [0.3, 0.4) is 0 Å². The fraction of sp³-hybridized carbons (Fsp3) is 0.409. The third kappa shape index (κ3) is 5.81. The molecule has 0 unspecified atom stereocenters. The van der Waals surface area contributed by atoms with Crippen LogP contribution in [0, 0.1) is 17.6 Å². The molecule has 32 heavy (non-hydrogen) atoms. The van der Waals surface area contributed by atoms with Gasteiger partial charge in [-0.1, -0.05) is 13.8 Å². The van der Waals surface area contributed by atoms with E-state index in [1.807, 2.05) is 32.8 Å². The fourth-order valence-electron chi connectivity index (χ4n) is 3.22. The van der Waals surface area contributed by atoms with Crippen molar-refractivity contribution in [3.63, 3.8) is 0 Å². The van der Waals surface area contributed by atoms with Gasteiger partial charge in [0.15, 0.2) is 11.6 Å². The van der Waals surface area contributed by atoms with E-state index in [2.05, 4.69) is 9.82 Å². The zero-order valence-electron chi connectivity index (χ0n) is 18.6. The molecule has 7 nitrogen and oxygen atoms in total. The Bertz CT molecular complexity index is 1190. The lowest BCUT2D eigenvalue weighted by Gasteiger charge is -2.15. The lowest BCUT2D eigenvalue weighted by molar-refractivity contribution is 0.399. The van der Waals surface area contributed by atoms with Gasteiger partial charge in [0.05, 0.1) is 11.7 Å². The Morgan fingerprint density at radius 1 is 1.16 bits per heavy atom. The van der Waals surface area contributed by atoms with Gasteiger partial charge in [-0.3, -0.25) is 4.68 Å². The first kappa shape index (κ1) is 24.1. The molecule has 1 aromatic heterocycles. The first-order valence-corrected chi connectivity index (χ1v) is 11.8. The second-order valence-electron chi connectivity index (χ2n) is 8.31. The molecule has 0 aliphatic rings. The van der Waals surface area contributed by atoms with Gasteiger partial charge in [0.25, 0.3) is 0 Å². The van der Waals surface area contributed by atoms with Crippen molar-refractivity contribution in [2.75, 3.05) is 27.2 Å². The molecule has 2 aromatic carbocycles. The number of fused-ring (bicyclic) bond motifs is 1. The molecule has 1 N–H and O–H groups in total. The van der Waals surface area contributed by atoms with E-state index in [9.17, 15) is 17.2 Å². The molecule has 10 heteroatoms. The summed E-state index contributed by atoms with van der Waals surface area (Å²) in [5.41, 5.74) is 0.624. The largest absolute Gasteiger partial charge is 0.453 e. The topological polar surface area (TPSA) is 76.5 Å². The summed E-state index contributed by atoms with van der Waals surface area (Å²) in [7, 11) is -0.167. The Labute approximate surface area is 187 Å². The molecule has 0 radical (unpaired) electrons. The van der Waals surface area contributed by atoms with Crippen molar-refractivity contribution in [2.24, 2.45) is 5.92 Å². The zero-order valence-corrected chi connectivity index (χ0v) is 19.4. The van der Waals surface area contributed by atoms with Crippen LogP contribution in [0.4, 0.5) is 8.78 Å². The van der Waals surface area contributed by atoms with Crippen LogP contribution in [0.2, 0.25) is 0 Å². The highest BCUT2D eigenvalue weighted by Crippen LogP contribution is 2.34. The lowest BCUT2D eigenvalue weighted by Crippen LogP contribution is -2.27. The minimum Gasteiger partial charge on any atom is -0.453 e. The Balaban J connectivity index is 2.03. The molecule has 3 rings (SSSR count). The summed E-state index contributed by atoms with van der Waals surface area (Å²) in [5, 5.41) is 5.00. The fourth-order valence-corrected chi connectivity index (χ4v) is 4.42. The van der Waals surface area contributed by atoms with Gasteiger partial charge in [-0.25, -0.2) is 21.9 Å². The zero-order chi connectivity index (χ0) is 23.5. The van der Waals surface area contributed by atoms with E-state index in [1.54, 1.807) is 10.9 Å². The van der Waals surface area contributed by atoms with Crippen molar-refractivity contribution in [3.05, 3.63) is 48.2 Å². The number of nitrogens with one attached hydrogen (secondary N) is 1. The van der Waals surface area contributed by atoms with Gasteiger partial charge in [0.2, 0.25) is 10.0 Å². The number of halogens is 2. The van der Waals surface area contributed by atoms with Crippen molar-refractivity contribution in [1.29, 1.82) is 0 Å². The minimum atomic E-state index is -3.98. The predicted molar refractivity (Wildman–Crippen MR) is 119 cm³/mol. The van der Waals surface area contributed by atoms with E-state index in [4.69, 9.17) is 4.74 Å². The normalized spacial score (nSPS) is 12.2. The van der Waals surface area contributed by atoms with Gasteiger partial charge in [-0.05, 0) is 57.2 Å². The molecule has 0 fully saturated rings. The van der Waals surface area contributed by atoms with Crippen LogP contribution in [0.1, 0.15) is 20.3 Å². The molecule has 0 spiro atoms. The van der Waals surface area contributed by atoms with Crippen molar-refractivity contribution >= 4 is 20.9 Å². The molecule has 0 saturated heterocycles. The number of benzene rings is 2. The van der Waals surface area contributed by atoms with E-state index < -0.39 is 21.7 Å². The van der Waals surface area contributed by atoms with Crippen molar-refractivity contribution < 1.29 is 21.9 Å². The van der Waals surface area contributed by atoms with Gasteiger partial charge in [0, 0.05) is 24.5 Å². The molecule has 174 valence electrons. The molecule has 1 heterocycles. The van der Waals surface area contributed by atoms with Crippen molar-refractivity contribution in [2.45, 2.75) is 31.7 Å². The summed E-state index contributed by atoms with van der Waals surface area (Å²) in [5.74, 6) is -1.72. The van der Waals surface area contributed by atoms with E-state index in [0.717, 1.165) is 12.1 Å². The Hall–Kier alpha value is -2.56. The summed E-state index contributed by atoms with van der Waals surface area (Å²) in [6.45, 7) is 5.62. The van der Waals surface area contributed by atoms with Crippen LogP contribution in [0.15, 0.2) is 41.4 Å². The highest BCUT2D eigenvalue weighted by atomic mass is 32.2. The number of ether oxygens (including phenoxy) is 1. The highest BCUT2D eigenvalue weighted by molar-refractivity contribution is 7.89. The van der Waals surface area contributed by atoms with Crippen LogP contribution in [-0.4, -0.2) is 50.3 Å². The molecule has 0 aliphatic heterocycles. The third-order valence-electron chi connectivity index (χ3n) is 4.72. The summed E-state index contributed by atoms with van der Waals surface area (Å²) < 4.78 is 63.7. The van der Waals surface area contributed by atoms with Crippen molar-refractivity contribution in [1.82, 2.24) is 19.4 Å². The first-order chi connectivity index (χ1) is 15.1. The SMILES string of the molecule is CC(C)Cn1ncc2cc(Oc3ccc(F)cc3F)c(S(=O)(=O)NCCCN(C)C)cc21. The first-order valence-electron chi connectivity index (χ1n) is 10.3. The Morgan fingerprint density at radius 3 is 2.56 bits per heavy atom. The number of nitrogens with zero attached hydrogens (tertiary/aromatic N) is 3. The standard InChI is InChI=1S/C22H28F2N4O3S/c1-15(2)14-28-19-12-22(32(29,30)26-8-5-9-27(3)4)21(10-16(19)13-25-28)31-20-7-6-17(23)11-18(20)24/h6-7,10-13,15,26H,5,8-9,14H2,1-4H3. The molecule has 0 atom stereocenters. The molecular formula is C22H28F2N4O3S. The number of hydrogen-bond acceptors (Lipinski definition) is 5. The Kier molecular flexibility index (Phi) is 7.47. The summed E-state index contributed by atoms with van der Waals surface area (Å²) in [6, 6.07) is 5.84. The smallest absolute Gasteiger partial charge is 0.244 e. The van der Waals surface area contributed by atoms with Crippen LogP contribution >= 0.6 is 0 Å². The summed E-state index contributed by atoms with van der Waals surface area (Å²) >= 11 is 0. The lowest BCUT2D eigenvalue weighted by atomic mass is 10.2. The van der Waals surface area contributed by atoms with Gasteiger partial charge in [-0.2, -0.15) is 5.10 Å². The quantitative estimate of drug-likeness (QED) is 0.457. The second kappa shape index (κ2) is 9.93. The maximum atomic E-state index is 14.2. The van der Waals surface area contributed by atoms with Crippen LogP contribution in [0.25, 0.3) is 10.9 Å². The summed E-state index contributed by atoms with van der Waals surface area (Å²) in [4.78, 5) is 1.82. The highest BCUT2D eigenvalue weighted by Gasteiger charge is 2.23. The van der Waals surface area contributed by atoms with Gasteiger partial charge in [-0.15, -0.1) is 0 Å². The summed E-state index contributed by atoms with van der Waals surface area (Å²) in [6.07, 6.45) is 2.22. The monoisotopic (exact) mass is 466 g/mol. The molecular weight excluding hydrogens is 438 g/mol. The van der Waals surface area contributed by atoms with Crippen LogP contribution in [0.5, 0.6) is 11.5 Å². The minimum absolute atomic E-state index is 0.0628. The third-order valence-corrected chi connectivity index (χ3v) is 6.21. The van der Waals surface area contributed by atoms with Crippen LogP contribution in [-0.2, 0) is 16.6 Å². The predicted octanol–water partition coefficient (Wildman–Crippen LogP) is 3.99. The average Bonchev–Trinajstić information content (AvgIpc) is 3.08. The van der Waals surface area contributed by atoms with Crippen LogP contribution < -0.4 is 9.46 Å². The van der Waals surface area contributed by atoms with E-state index >= 15 is 0 Å². The second-order valence-corrected chi connectivity index (χ2v) is 10.0. The molecule has 0 aliphatic carbocycles. The molecule has 3 aromatic rings. The van der Waals surface area contributed by atoms with Crippen molar-refractivity contribution in [3.8, 4) is 11.5 Å². The van der Waals surface area contributed by atoms with E-state index in [1.165, 1.54) is 12.1 Å². The number of hydrogen-bond donors (Lipinski definition) is 1. The Morgan fingerprint density at radius 2 is 1.91 bits per heavy atom. The number of sulfonamides is 1. The maximum Gasteiger partial charge on any atom is 0.244 e.